The van der Waals surface area contributed by atoms with Gasteiger partial charge in [-0.15, -0.1) is 0 Å². The van der Waals surface area contributed by atoms with Gasteiger partial charge in [0.25, 0.3) is 0 Å². The van der Waals surface area contributed by atoms with Crippen molar-refractivity contribution in [1.29, 1.82) is 0 Å². The lowest BCUT2D eigenvalue weighted by atomic mass is 10.0. The molecule has 1 fully saturated rings. The molecule has 0 bridgehead atoms. The minimum atomic E-state index is -0.466. The molecule has 3 rings (SSSR count). The van der Waals surface area contributed by atoms with Gasteiger partial charge in [-0.2, -0.15) is 0 Å². The molecule has 0 N–H and O–H groups in total. The van der Waals surface area contributed by atoms with Crippen LogP contribution in [-0.4, -0.2) is 24.0 Å². The molecular formula is C18H19NO4. The molecule has 5 nitrogen and oxygen atoms in total. The van der Waals surface area contributed by atoms with Crippen molar-refractivity contribution < 1.29 is 19.1 Å². The Morgan fingerprint density at radius 1 is 1.30 bits per heavy atom. The first kappa shape index (κ1) is 15.5. The summed E-state index contributed by atoms with van der Waals surface area (Å²) >= 11 is 0. The number of esters is 2. The van der Waals surface area contributed by atoms with Gasteiger partial charge in [0.05, 0.1) is 29.8 Å². The molecule has 0 radical (unpaired) electrons. The van der Waals surface area contributed by atoms with Crippen LogP contribution in [0.15, 0.2) is 24.3 Å². The second-order valence-corrected chi connectivity index (χ2v) is 5.99. The van der Waals surface area contributed by atoms with Crippen LogP contribution in [0.5, 0.6) is 0 Å². The fourth-order valence-corrected chi connectivity index (χ4v) is 2.82. The third-order valence-electron chi connectivity index (χ3n) is 4.38. The molecule has 1 heterocycles. The number of fused-ring (bicyclic) bond motifs is 1. The molecule has 120 valence electrons. The summed E-state index contributed by atoms with van der Waals surface area (Å²) in [6, 6.07) is 7.56. The van der Waals surface area contributed by atoms with Crippen molar-refractivity contribution in [2.45, 2.75) is 26.9 Å². The van der Waals surface area contributed by atoms with E-state index in [1.165, 1.54) is 7.11 Å². The summed E-state index contributed by atoms with van der Waals surface area (Å²) in [5.74, 6) is -0.320. The number of carbonyl (C=O) groups is 2. The fourth-order valence-electron chi connectivity index (χ4n) is 2.82. The highest BCUT2D eigenvalue weighted by atomic mass is 16.5. The second-order valence-electron chi connectivity index (χ2n) is 5.99. The smallest absolute Gasteiger partial charge is 0.340 e. The van der Waals surface area contributed by atoms with Crippen LogP contribution < -0.4 is 0 Å². The SMILES string of the molecule is COC(=O)c1c(COC(=O)[C@@H]2C[C@H]2C)nc2ccccc2c1C. The first-order valence-corrected chi connectivity index (χ1v) is 7.66. The Morgan fingerprint density at radius 3 is 2.65 bits per heavy atom. The molecule has 1 aliphatic rings. The predicted octanol–water partition coefficient (Wildman–Crippen LogP) is 3.03. The summed E-state index contributed by atoms with van der Waals surface area (Å²) in [6.45, 7) is 3.85. The lowest BCUT2D eigenvalue weighted by Gasteiger charge is -2.13. The molecule has 0 spiro atoms. The molecule has 1 aromatic carbocycles. The van der Waals surface area contributed by atoms with Crippen LogP contribution in [0.4, 0.5) is 0 Å². The Hall–Kier alpha value is -2.43. The highest BCUT2D eigenvalue weighted by molar-refractivity contribution is 5.98. The lowest BCUT2D eigenvalue weighted by molar-refractivity contribution is -0.147. The van der Waals surface area contributed by atoms with E-state index in [9.17, 15) is 9.59 Å². The van der Waals surface area contributed by atoms with E-state index < -0.39 is 5.97 Å². The monoisotopic (exact) mass is 313 g/mol. The van der Waals surface area contributed by atoms with Crippen molar-refractivity contribution in [3.05, 3.63) is 41.1 Å². The van der Waals surface area contributed by atoms with Gasteiger partial charge >= 0.3 is 11.9 Å². The van der Waals surface area contributed by atoms with Gasteiger partial charge in [-0.05, 0) is 30.9 Å². The van der Waals surface area contributed by atoms with Gasteiger partial charge in [0.2, 0.25) is 0 Å². The van der Waals surface area contributed by atoms with Gasteiger partial charge in [-0.25, -0.2) is 9.78 Å². The van der Waals surface area contributed by atoms with Crippen molar-refractivity contribution in [3.8, 4) is 0 Å². The van der Waals surface area contributed by atoms with E-state index in [2.05, 4.69) is 4.98 Å². The minimum absolute atomic E-state index is 0.0156. The van der Waals surface area contributed by atoms with Crippen LogP contribution >= 0.6 is 0 Å². The zero-order valence-electron chi connectivity index (χ0n) is 13.5. The zero-order valence-corrected chi connectivity index (χ0v) is 13.5. The van der Waals surface area contributed by atoms with Crippen LogP contribution in [0, 0.1) is 18.8 Å². The summed E-state index contributed by atoms with van der Waals surface area (Å²) in [7, 11) is 1.33. The van der Waals surface area contributed by atoms with E-state index in [1.54, 1.807) is 0 Å². The molecule has 23 heavy (non-hydrogen) atoms. The number of pyridine rings is 1. The summed E-state index contributed by atoms with van der Waals surface area (Å²) in [6.07, 6.45) is 0.868. The normalized spacial score (nSPS) is 19.4. The molecule has 1 saturated carbocycles. The van der Waals surface area contributed by atoms with Gasteiger partial charge in [-0.1, -0.05) is 25.1 Å². The maximum absolute atomic E-state index is 12.1. The molecule has 5 heteroatoms. The molecule has 0 amide bonds. The van der Waals surface area contributed by atoms with Gasteiger partial charge < -0.3 is 9.47 Å². The van der Waals surface area contributed by atoms with E-state index >= 15 is 0 Å². The number of aromatic nitrogens is 1. The number of benzene rings is 1. The number of carbonyl (C=O) groups excluding carboxylic acids is 2. The highest BCUT2D eigenvalue weighted by Crippen LogP contribution is 2.38. The molecule has 0 aliphatic heterocycles. The molecule has 0 saturated heterocycles. The second kappa shape index (κ2) is 5.99. The maximum Gasteiger partial charge on any atom is 0.340 e. The Bertz CT molecular complexity index is 784. The zero-order chi connectivity index (χ0) is 16.6. The third kappa shape index (κ3) is 2.91. The van der Waals surface area contributed by atoms with Crippen molar-refractivity contribution in [2.24, 2.45) is 11.8 Å². The maximum atomic E-state index is 12.1. The highest BCUT2D eigenvalue weighted by Gasteiger charge is 2.40. The molecule has 1 aliphatic carbocycles. The molecule has 2 aromatic rings. The van der Waals surface area contributed by atoms with Crippen LogP contribution in [0.25, 0.3) is 10.9 Å². The Labute approximate surface area is 134 Å². The number of aryl methyl sites for hydroxylation is 1. The van der Waals surface area contributed by atoms with E-state index in [-0.39, 0.29) is 18.5 Å². The molecule has 0 unspecified atom stereocenters. The Balaban J connectivity index is 1.96. The first-order valence-electron chi connectivity index (χ1n) is 7.66. The first-order chi connectivity index (χ1) is 11.0. The summed E-state index contributed by atoms with van der Waals surface area (Å²) in [5.41, 5.74) is 2.37. The van der Waals surface area contributed by atoms with Crippen molar-refractivity contribution in [2.75, 3.05) is 7.11 Å². The largest absolute Gasteiger partial charge is 0.465 e. The van der Waals surface area contributed by atoms with Crippen molar-refractivity contribution >= 4 is 22.8 Å². The Kier molecular flexibility index (Phi) is 4.03. The lowest BCUT2D eigenvalue weighted by Crippen LogP contribution is -2.14. The fraction of sp³-hybridized carbons (Fsp3) is 0.389. The van der Waals surface area contributed by atoms with Crippen LogP contribution in [0.1, 0.15) is 35.0 Å². The molecule has 1 aromatic heterocycles. The number of hydrogen-bond acceptors (Lipinski definition) is 5. The van der Waals surface area contributed by atoms with E-state index in [1.807, 2.05) is 38.1 Å². The number of hydrogen-bond donors (Lipinski definition) is 0. The number of ether oxygens (including phenoxy) is 2. The number of rotatable bonds is 4. The van der Waals surface area contributed by atoms with E-state index in [4.69, 9.17) is 9.47 Å². The van der Waals surface area contributed by atoms with E-state index in [0.29, 0.717) is 17.2 Å². The Morgan fingerprint density at radius 2 is 2.00 bits per heavy atom. The summed E-state index contributed by atoms with van der Waals surface area (Å²) < 4.78 is 10.2. The van der Waals surface area contributed by atoms with Crippen molar-refractivity contribution in [1.82, 2.24) is 4.98 Å². The predicted molar refractivity (Wildman–Crippen MR) is 84.9 cm³/mol. The van der Waals surface area contributed by atoms with Gasteiger partial charge in [-0.3, -0.25) is 4.79 Å². The average Bonchev–Trinajstić information content (AvgIpc) is 3.29. The quantitative estimate of drug-likeness (QED) is 0.812. The van der Waals surface area contributed by atoms with Crippen LogP contribution in [0.3, 0.4) is 0 Å². The number of nitrogens with zero attached hydrogens (tertiary/aromatic N) is 1. The molecular weight excluding hydrogens is 294 g/mol. The van der Waals surface area contributed by atoms with Crippen LogP contribution in [-0.2, 0) is 20.9 Å². The number of para-hydroxylation sites is 1. The summed E-state index contributed by atoms with van der Waals surface area (Å²) in [5, 5.41) is 0.888. The van der Waals surface area contributed by atoms with Gasteiger partial charge in [0.1, 0.15) is 6.61 Å². The number of methoxy groups -OCH3 is 1. The topological polar surface area (TPSA) is 65.5 Å². The van der Waals surface area contributed by atoms with Crippen molar-refractivity contribution in [3.63, 3.8) is 0 Å². The standard InChI is InChI=1S/C18H19NO4/c1-10-8-13(10)17(20)23-9-15-16(18(21)22-3)11(2)12-6-4-5-7-14(12)19-15/h4-7,10,13H,8-9H2,1-3H3/t10-,13-/m1/s1. The molecule has 2 atom stereocenters. The van der Waals surface area contributed by atoms with Gasteiger partial charge in [0.15, 0.2) is 0 Å². The van der Waals surface area contributed by atoms with Crippen LogP contribution in [0.2, 0.25) is 0 Å². The third-order valence-corrected chi connectivity index (χ3v) is 4.38. The minimum Gasteiger partial charge on any atom is -0.465 e. The average molecular weight is 313 g/mol. The van der Waals surface area contributed by atoms with Gasteiger partial charge in [0, 0.05) is 5.39 Å². The van der Waals surface area contributed by atoms with E-state index in [0.717, 1.165) is 22.9 Å². The summed E-state index contributed by atoms with van der Waals surface area (Å²) in [4.78, 5) is 28.6.